The molecule has 5 heteroatoms. The van der Waals surface area contributed by atoms with Crippen LogP contribution in [0.15, 0.2) is 16.8 Å². The van der Waals surface area contributed by atoms with Gasteiger partial charge in [0.05, 0.1) is 11.4 Å². The van der Waals surface area contributed by atoms with Crippen molar-refractivity contribution in [2.75, 3.05) is 11.1 Å². The minimum Gasteiger partial charge on any atom is -0.394 e. The number of thiophene rings is 1. The molecule has 2 aromatic heterocycles. The van der Waals surface area contributed by atoms with Gasteiger partial charge in [0.25, 0.3) is 0 Å². The number of nitrogens with zero attached hydrogens (tertiary/aromatic N) is 2. The number of hydrogen-bond acceptors (Lipinski definition) is 4. The van der Waals surface area contributed by atoms with E-state index in [0.29, 0.717) is 5.92 Å². The summed E-state index contributed by atoms with van der Waals surface area (Å²) in [4.78, 5) is 0. The molecule has 0 amide bonds. The van der Waals surface area contributed by atoms with Crippen molar-refractivity contribution in [1.29, 1.82) is 0 Å². The van der Waals surface area contributed by atoms with Crippen molar-refractivity contribution >= 4 is 22.8 Å². The second-order valence-electron chi connectivity index (χ2n) is 4.41. The predicted molar refractivity (Wildman–Crippen MR) is 73.4 cm³/mol. The number of aryl methyl sites for hydroxylation is 1. The first-order chi connectivity index (χ1) is 8.09. The summed E-state index contributed by atoms with van der Waals surface area (Å²) in [5.74, 6) is 1.25. The molecule has 0 aromatic carbocycles. The Balaban J connectivity index is 2.15. The number of rotatable bonds is 4. The highest BCUT2D eigenvalue weighted by Gasteiger charge is 2.15. The Kier molecular flexibility index (Phi) is 3.38. The van der Waals surface area contributed by atoms with Crippen LogP contribution in [0.25, 0.3) is 0 Å². The van der Waals surface area contributed by atoms with E-state index in [1.54, 1.807) is 11.3 Å². The quantitative estimate of drug-likeness (QED) is 0.877. The first-order valence-corrected chi connectivity index (χ1v) is 6.61. The van der Waals surface area contributed by atoms with Crippen LogP contribution in [0.5, 0.6) is 0 Å². The van der Waals surface area contributed by atoms with E-state index in [9.17, 15) is 0 Å². The topological polar surface area (TPSA) is 55.9 Å². The number of nitrogens with two attached hydrogens (primary N) is 1. The molecule has 0 unspecified atom stereocenters. The standard InChI is InChI=1S/C12H18N4S/c1-8(2)11-10(13)12(16(3)15-11)14-6-9-4-5-17-7-9/h4-5,7-8,14H,6,13H2,1-3H3. The second kappa shape index (κ2) is 4.79. The third-order valence-electron chi connectivity index (χ3n) is 2.70. The van der Waals surface area contributed by atoms with Gasteiger partial charge in [-0.05, 0) is 28.3 Å². The first kappa shape index (κ1) is 12.0. The highest BCUT2D eigenvalue weighted by Crippen LogP contribution is 2.28. The molecular weight excluding hydrogens is 232 g/mol. The predicted octanol–water partition coefficient (Wildman–Crippen LogP) is 2.80. The number of aromatic nitrogens is 2. The fraction of sp³-hybridized carbons (Fsp3) is 0.417. The van der Waals surface area contributed by atoms with Gasteiger partial charge in [0.15, 0.2) is 0 Å². The summed E-state index contributed by atoms with van der Waals surface area (Å²) in [5, 5.41) is 12.0. The van der Waals surface area contributed by atoms with Crippen LogP contribution in [0.3, 0.4) is 0 Å². The SMILES string of the molecule is CC(C)c1nn(C)c(NCc2ccsc2)c1N. The van der Waals surface area contributed by atoms with Crippen molar-refractivity contribution in [1.82, 2.24) is 9.78 Å². The lowest BCUT2D eigenvalue weighted by Gasteiger charge is -2.06. The lowest BCUT2D eigenvalue weighted by atomic mass is 10.1. The normalized spacial score (nSPS) is 11.1. The average Bonchev–Trinajstić information content (AvgIpc) is 2.86. The first-order valence-electron chi connectivity index (χ1n) is 5.67. The fourth-order valence-corrected chi connectivity index (χ4v) is 2.44. The number of nitrogens with one attached hydrogen (secondary N) is 1. The lowest BCUT2D eigenvalue weighted by Crippen LogP contribution is -2.05. The number of anilines is 2. The van der Waals surface area contributed by atoms with Gasteiger partial charge < -0.3 is 11.1 Å². The van der Waals surface area contributed by atoms with E-state index < -0.39 is 0 Å². The van der Waals surface area contributed by atoms with Crippen LogP contribution < -0.4 is 11.1 Å². The van der Waals surface area contributed by atoms with Crippen LogP contribution in [-0.4, -0.2) is 9.78 Å². The maximum absolute atomic E-state index is 6.10. The molecule has 0 radical (unpaired) electrons. The van der Waals surface area contributed by atoms with Gasteiger partial charge in [0.1, 0.15) is 5.82 Å². The molecular formula is C12H18N4S. The Morgan fingerprint density at radius 1 is 1.53 bits per heavy atom. The molecule has 0 aliphatic rings. The molecule has 0 aliphatic heterocycles. The Bertz CT molecular complexity index is 485. The smallest absolute Gasteiger partial charge is 0.148 e. The van der Waals surface area contributed by atoms with Crippen molar-refractivity contribution in [3.8, 4) is 0 Å². The maximum atomic E-state index is 6.10. The van der Waals surface area contributed by atoms with Crippen LogP contribution in [0.1, 0.15) is 31.0 Å². The van der Waals surface area contributed by atoms with E-state index in [1.165, 1.54) is 5.56 Å². The van der Waals surface area contributed by atoms with Crippen molar-refractivity contribution in [3.05, 3.63) is 28.1 Å². The number of hydrogen-bond donors (Lipinski definition) is 2. The molecule has 92 valence electrons. The molecule has 0 bridgehead atoms. The Morgan fingerprint density at radius 2 is 2.29 bits per heavy atom. The van der Waals surface area contributed by atoms with Crippen LogP contribution >= 0.6 is 11.3 Å². The van der Waals surface area contributed by atoms with E-state index in [1.807, 2.05) is 11.7 Å². The average molecular weight is 250 g/mol. The molecule has 0 saturated heterocycles. The largest absolute Gasteiger partial charge is 0.394 e. The van der Waals surface area contributed by atoms with E-state index in [2.05, 4.69) is 41.1 Å². The number of nitrogen functional groups attached to an aromatic ring is 1. The Labute approximate surface area is 105 Å². The Morgan fingerprint density at radius 3 is 2.82 bits per heavy atom. The molecule has 0 fully saturated rings. The van der Waals surface area contributed by atoms with Crippen molar-refractivity contribution in [3.63, 3.8) is 0 Å². The summed E-state index contributed by atoms with van der Waals surface area (Å²) in [6.45, 7) is 4.98. The third-order valence-corrected chi connectivity index (χ3v) is 3.43. The maximum Gasteiger partial charge on any atom is 0.148 e. The minimum atomic E-state index is 0.345. The summed E-state index contributed by atoms with van der Waals surface area (Å²) in [7, 11) is 1.91. The van der Waals surface area contributed by atoms with Crippen molar-refractivity contribution in [2.45, 2.75) is 26.3 Å². The van der Waals surface area contributed by atoms with Crippen molar-refractivity contribution < 1.29 is 0 Å². The molecule has 2 aromatic rings. The zero-order chi connectivity index (χ0) is 12.4. The summed E-state index contributed by atoms with van der Waals surface area (Å²) in [6, 6.07) is 2.10. The van der Waals surface area contributed by atoms with Gasteiger partial charge in [0, 0.05) is 13.6 Å². The van der Waals surface area contributed by atoms with Gasteiger partial charge in [0.2, 0.25) is 0 Å². The van der Waals surface area contributed by atoms with E-state index >= 15 is 0 Å². The second-order valence-corrected chi connectivity index (χ2v) is 5.19. The van der Waals surface area contributed by atoms with Crippen molar-refractivity contribution in [2.24, 2.45) is 7.05 Å². The molecule has 3 N–H and O–H groups in total. The molecule has 2 rings (SSSR count). The highest BCUT2D eigenvalue weighted by atomic mass is 32.1. The molecule has 0 saturated carbocycles. The van der Waals surface area contributed by atoms with Crippen LogP contribution in [0.4, 0.5) is 11.5 Å². The van der Waals surface area contributed by atoms with Gasteiger partial charge in [-0.1, -0.05) is 13.8 Å². The zero-order valence-electron chi connectivity index (χ0n) is 10.4. The Hall–Kier alpha value is -1.49. The molecule has 0 spiro atoms. The molecule has 2 heterocycles. The van der Waals surface area contributed by atoms with Gasteiger partial charge in [-0.2, -0.15) is 16.4 Å². The van der Waals surface area contributed by atoms with Gasteiger partial charge >= 0.3 is 0 Å². The third kappa shape index (κ3) is 2.44. The monoisotopic (exact) mass is 250 g/mol. The summed E-state index contributed by atoms with van der Waals surface area (Å²) < 4.78 is 1.82. The van der Waals surface area contributed by atoms with E-state index in [-0.39, 0.29) is 0 Å². The molecule has 4 nitrogen and oxygen atoms in total. The van der Waals surface area contributed by atoms with Crippen LogP contribution in [-0.2, 0) is 13.6 Å². The minimum absolute atomic E-state index is 0.345. The summed E-state index contributed by atoms with van der Waals surface area (Å²) in [5.41, 5.74) is 9.09. The molecule has 17 heavy (non-hydrogen) atoms. The summed E-state index contributed by atoms with van der Waals surface area (Å²) in [6.07, 6.45) is 0. The van der Waals surface area contributed by atoms with Gasteiger partial charge in [-0.15, -0.1) is 0 Å². The molecule has 0 aliphatic carbocycles. The molecule has 0 atom stereocenters. The fourth-order valence-electron chi connectivity index (χ4n) is 1.78. The highest BCUT2D eigenvalue weighted by molar-refractivity contribution is 7.07. The lowest BCUT2D eigenvalue weighted by molar-refractivity contribution is 0.715. The summed E-state index contributed by atoms with van der Waals surface area (Å²) >= 11 is 1.70. The van der Waals surface area contributed by atoms with Gasteiger partial charge in [-0.25, -0.2) is 0 Å². The van der Waals surface area contributed by atoms with E-state index in [0.717, 1.165) is 23.7 Å². The van der Waals surface area contributed by atoms with Crippen LogP contribution in [0.2, 0.25) is 0 Å². The zero-order valence-corrected chi connectivity index (χ0v) is 11.2. The van der Waals surface area contributed by atoms with Crippen LogP contribution in [0, 0.1) is 0 Å². The van der Waals surface area contributed by atoms with Gasteiger partial charge in [-0.3, -0.25) is 4.68 Å². The van der Waals surface area contributed by atoms with E-state index in [4.69, 9.17) is 5.73 Å².